The predicted molar refractivity (Wildman–Crippen MR) is 100 cm³/mol. The van der Waals surface area contributed by atoms with E-state index in [1.165, 1.54) is 9.78 Å². The summed E-state index contributed by atoms with van der Waals surface area (Å²) in [5, 5.41) is 5.16. The highest BCUT2D eigenvalue weighted by Gasteiger charge is 2.27. The highest BCUT2D eigenvalue weighted by atomic mass is 32.1. The number of methoxy groups -OCH3 is 2. The van der Waals surface area contributed by atoms with E-state index in [0.717, 1.165) is 26.3 Å². The number of quaternary nitrogens is 1. The zero-order chi connectivity index (χ0) is 18.4. The van der Waals surface area contributed by atoms with Gasteiger partial charge in [-0.05, 0) is 29.6 Å². The Hall–Kier alpha value is -2.09. The fourth-order valence-electron chi connectivity index (χ4n) is 3.19. The van der Waals surface area contributed by atoms with Crippen molar-refractivity contribution in [2.45, 2.75) is 6.04 Å². The number of rotatable bonds is 7. The first-order valence-electron chi connectivity index (χ1n) is 8.69. The minimum Gasteiger partial charge on any atom is -0.493 e. The molecule has 140 valence electrons. The largest absolute Gasteiger partial charge is 0.493 e. The lowest BCUT2D eigenvalue weighted by molar-refractivity contribution is -0.937. The Labute approximate surface area is 157 Å². The molecule has 1 fully saturated rings. The molecule has 1 aliphatic heterocycles. The highest BCUT2D eigenvalue weighted by Crippen LogP contribution is 2.27. The molecule has 1 amide bonds. The number of benzene rings is 1. The number of amides is 1. The number of nitrogens with one attached hydrogen (secondary N) is 2. The van der Waals surface area contributed by atoms with Gasteiger partial charge in [0.05, 0.1) is 38.9 Å². The SMILES string of the molecule is COc1ccc(C(=O)NC[C@@H](c2cccs2)[NH+]2CCOCC2)cc1OC. The molecule has 1 saturated heterocycles. The van der Waals surface area contributed by atoms with Gasteiger partial charge >= 0.3 is 0 Å². The Morgan fingerprint density at radius 3 is 2.65 bits per heavy atom. The van der Waals surface area contributed by atoms with Crippen LogP contribution >= 0.6 is 11.3 Å². The molecule has 7 heteroatoms. The molecule has 2 N–H and O–H groups in total. The summed E-state index contributed by atoms with van der Waals surface area (Å²) < 4.78 is 16.0. The van der Waals surface area contributed by atoms with Crippen LogP contribution in [0.2, 0.25) is 0 Å². The Kier molecular flexibility index (Phi) is 6.49. The van der Waals surface area contributed by atoms with Gasteiger partial charge in [-0.15, -0.1) is 11.3 Å². The molecule has 0 saturated carbocycles. The van der Waals surface area contributed by atoms with E-state index in [2.05, 4.69) is 22.8 Å². The second-order valence-corrected chi connectivity index (χ2v) is 7.10. The van der Waals surface area contributed by atoms with Crippen molar-refractivity contribution < 1.29 is 23.9 Å². The number of carbonyl (C=O) groups is 1. The third kappa shape index (κ3) is 4.35. The number of hydrogen-bond acceptors (Lipinski definition) is 5. The van der Waals surface area contributed by atoms with Crippen LogP contribution in [0.5, 0.6) is 11.5 Å². The number of carbonyl (C=O) groups excluding carboxylic acids is 1. The van der Waals surface area contributed by atoms with E-state index in [1.54, 1.807) is 43.8 Å². The van der Waals surface area contributed by atoms with Gasteiger partial charge in [-0.3, -0.25) is 4.79 Å². The summed E-state index contributed by atoms with van der Waals surface area (Å²) in [5.41, 5.74) is 0.560. The molecule has 0 unspecified atom stereocenters. The van der Waals surface area contributed by atoms with Gasteiger partial charge < -0.3 is 24.4 Å². The molecular formula is C19H25N2O4S+. The first-order chi connectivity index (χ1) is 12.7. The van der Waals surface area contributed by atoms with Crippen molar-refractivity contribution in [1.82, 2.24) is 5.32 Å². The van der Waals surface area contributed by atoms with Crippen LogP contribution in [-0.2, 0) is 4.74 Å². The van der Waals surface area contributed by atoms with Gasteiger partial charge in [0, 0.05) is 5.56 Å². The van der Waals surface area contributed by atoms with Crippen LogP contribution in [0.3, 0.4) is 0 Å². The zero-order valence-corrected chi connectivity index (χ0v) is 15.9. The maximum atomic E-state index is 12.6. The topological polar surface area (TPSA) is 61.2 Å². The Morgan fingerprint density at radius 1 is 1.23 bits per heavy atom. The van der Waals surface area contributed by atoms with Crippen molar-refractivity contribution in [1.29, 1.82) is 0 Å². The molecule has 0 spiro atoms. The molecule has 1 aromatic carbocycles. The minimum absolute atomic E-state index is 0.111. The molecule has 2 heterocycles. The zero-order valence-electron chi connectivity index (χ0n) is 15.1. The summed E-state index contributed by atoms with van der Waals surface area (Å²) in [4.78, 5) is 15.4. The molecular weight excluding hydrogens is 352 g/mol. The number of thiophene rings is 1. The molecule has 0 radical (unpaired) electrons. The molecule has 3 rings (SSSR count). The van der Waals surface area contributed by atoms with Gasteiger partial charge in [0.25, 0.3) is 5.91 Å². The average molecular weight is 377 g/mol. The van der Waals surface area contributed by atoms with Gasteiger partial charge in [-0.25, -0.2) is 0 Å². The van der Waals surface area contributed by atoms with E-state index in [4.69, 9.17) is 14.2 Å². The summed E-state index contributed by atoms with van der Waals surface area (Å²) >= 11 is 1.73. The summed E-state index contributed by atoms with van der Waals surface area (Å²) in [7, 11) is 3.14. The van der Waals surface area contributed by atoms with E-state index in [1.807, 2.05) is 0 Å². The molecule has 2 aromatic rings. The molecule has 1 aromatic heterocycles. The maximum absolute atomic E-state index is 12.6. The van der Waals surface area contributed by atoms with Crippen molar-refractivity contribution in [2.24, 2.45) is 0 Å². The minimum atomic E-state index is -0.111. The second kappa shape index (κ2) is 9.02. The third-order valence-corrected chi connectivity index (χ3v) is 5.61. The van der Waals surface area contributed by atoms with Gasteiger partial charge in [-0.1, -0.05) is 6.07 Å². The van der Waals surface area contributed by atoms with Crippen LogP contribution in [0.25, 0.3) is 0 Å². The van der Waals surface area contributed by atoms with Gasteiger partial charge in [0.15, 0.2) is 11.5 Å². The van der Waals surface area contributed by atoms with Crippen molar-refractivity contribution in [3.63, 3.8) is 0 Å². The first kappa shape index (κ1) is 18.7. The number of hydrogen-bond donors (Lipinski definition) is 2. The van der Waals surface area contributed by atoms with E-state index >= 15 is 0 Å². The number of morpholine rings is 1. The van der Waals surface area contributed by atoms with E-state index in [-0.39, 0.29) is 11.9 Å². The maximum Gasteiger partial charge on any atom is 0.251 e. The summed E-state index contributed by atoms with van der Waals surface area (Å²) in [6.07, 6.45) is 0. The Balaban J connectivity index is 1.69. The lowest BCUT2D eigenvalue weighted by Gasteiger charge is -2.31. The van der Waals surface area contributed by atoms with Crippen LogP contribution in [-0.4, -0.2) is 53.0 Å². The molecule has 0 bridgehead atoms. The van der Waals surface area contributed by atoms with Crippen molar-refractivity contribution in [2.75, 3.05) is 47.1 Å². The van der Waals surface area contributed by atoms with E-state index in [0.29, 0.717) is 23.6 Å². The summed E-state index contributed by atoms with van der Waals surface area (Å²) in [6.45, 7) is 4.02. The van der Waals surface area contributed by atoms with Gasteiger partial charge in [0.2, 0.25) is 0 Å². The fourth-order valence-corrected chi connectivity index (χ4v) is 4.08. The molecule has 0 aliphatic carbocycles. The van der Waals surface area contributed by atoms with E-state index in [9.17, 15) is 4.79 Å². The van der Waals surface area contributed by atoms with Crippen LogP contribution in [0, 0.1) is 0 Å². The van der Waals surface area contributed by atoms with Crippen LogP contribution in [0.4, 0.5) is 0 Å². The molecule has 1 aliphatic rings. The fraction of sp³-hybridized carbons (Fsp3) is 0.421. The monoisotopic (exact) mass is 377 g/mol. The van der Waals surface area contributed by atoms with Crippen molar-refractivity contribution >= 4 is 17.2 Å². The normalized spacial score (nSPS) is 16.1. The lowest BCUT2D eigenvalue weighted by atomic mass is 10.1. The smallest absolute Gasteiger partial charge is 0.251 e. The van der Waals surface area contributed by atoms with Crippen LogP contribution in [0.15, 0.2) is 35.7 Å². The Bertz CT molecular complexity index is 714. The molecule has 26 heavy (non-hydrogen) atoms. The summed E-state index contributed by atoms with van der Waals surface area (Å²) in [5.74, 6) is 1.05. The standard InChI is InChI=1S/C19H24N2O4S/c1-23-16-6-5-14(12-17(16)24-2)19(22)20-13-15(18-4-3-11-26-18)21-7-9-25-10-8-21/h3-6,11-12,15H,7-10,13H2,1-2H3,(H,20,22)/p+1/t15-/m0/s1. The quantitative estimate of drug-likeness (QED) is 0.760. The highest BCUT2D eigenvalue weighted by molar-refractivity contribution is 7.10. The van der Waals surface area contributed by atoms with Crippen molar-refractivity contribution in [3.8, 4) is 11.5 Å². The Morgan fingerprint density at radius 2 is 2.00 bits per heavy atom. The van der Waals surface area contributed by atoms with Crippen LogP contribution < -0.4 is 19.7 Å². The lowest BCUT2D eigenvalue weighted by Crippen LogP contribution is -3.15. The first-order valence-corrected chi connectivity index (χ1v) is 9.57. The second-order valence-electron chi connectivity index (χ2n) is 6.12. The van der Waals surface area contributed by atoms with Crippen LogP contribution in [0.1, 0.15) is 21.3 Å². The molecule has 6 nitrogen and oxygen atoms in total. The molecule has 1 atom stereocenters. The predicted octanol–water partition coefficient (Wildman–Crippen LogP) is 1.15. The average Bonchev–Trinajstić information content (AvgIpc) is 3.22. The third-order valence-electron chi connectivity index (χ3n) is 4.63. The van der Waals surface area contributed by atoms with Crippen molar-refractivity contribution in [3.05, 3.63) is 46.2 Å². The van der Waals surface area contributed by atoms with Gasteiger partial charge in [0.1, 0.15) is 19.1 Å². The van der Waals surface area contributed by atoms with E-state index < -0.39 is 0 Å². The summed E-state index contributed by atoms with van der Waals surface area (Å²) in [6, 6.07) is 9.64. The number of ether oxygens (including phenoxy) is 3. The van der Waals surface area contributed by atoms with Gasteiger partial charge in [-0.2, -0.15) is 0 Å².